The van der Waals surface area contributed by atoms with E-state index in [1.807, 2.05) is 24.4 Å². The lowest BCUT2D eigenvalue weighted by molar-refractivity contribution is 0.474. The van der Waals surface area contributed by atoms with Crippen molar-refractivity contribution in [2.75, 3.05) is 0 Å². The van der Waals surface area contributed by atoms with Crippen molar-refractivity contribution in [3.63, 3.8) is 0 Å². The summed E-state index contributed by atoms with van der Waals surface area (Å²) >= 11 is 0. The fourth-order valence-corrected chi connectivity index (χ4v) is 5.15. The van der Waals surface area contributed by atoms with Gasteiger partial charge in [0.05, 0.1) is 11.1 Å². The van der Waals surface area contributed by atoms with Gasteiger partial charge in [0, 0.05) is 22.7 Å². The van der Waals surface area contributed by atoms with E-state index >= 15 is 0 Å². The number of benzene rings is 4. The molecule has 4 heteroatoms. The molecule has 0 aliphatic rings. The van der Waals surface area contributed by atoms with E-state index in [1.165, 1.54) is 5.56 Å². The topological polar surface area (TPSA) is 59.2 Å². The number of hydrogen-bond acceptors (Lipinski definition) is 4. The molecule has 0 aliphatic carbocycles. The molecule has 6 aromatic rings. The predicted octanol–water partition coefficient (Wildman–Crippen LogP) is 9.68. The molecule has 6 rings (SSSR count). The second-order valence-electron chi connectivity index (χ2n) is 12.6. The highest BCUT2D eigenvalue weighted by Gasteiger charge is 2.22. The van der Waals surface area contributed by atoms with Gasteiger partial charge in [0.2, 0.25) is 5.89 Å². The van der Waals surface area contributed by atoms with E-state index in [-0.39, 0.29) is 16.6 Å². The molecule has 4 aromatic carbocycles. The van der Waals surface area contributed by atoms with Gasteiger partial charge in [-0.25, -0.2) is 4.98 Å². The first-order chi connectivity index (χ1) is 19.0. The van der Waals surface area contributed by atoms with Crippen LogP contribution in [-0.4, -0.2) is 15.1 Å². The number of pyridine rings is 1. The molecule has 0 atom stereocenters. The van der Waals surface area contributed by atoms with E-state index in [4.69, 9.17) is 14.4 Å². The van der Waals surface area contributed by atoms with Crippen LogP contribution >= 0.6 is 0 Å². The van der Waals surface area contributed by atoms with Crippen LogP contribution in [0.15, 0.2) is 95.5 Å². The lowest BCUT2D eigenvalue weighted by Gasteiger charge is -2.22. The second-order valence-corrected chi connectivity index (χ2v) is 12.6. The molecule has 4 nitrogen and oxygen atoms in total. The molecule has 40 heavy (non-hydrogen) atoms. The zero-order valence-electron chi connectivity index (χ0n) is 23.9. The Morgan fingerprint density at radius 3 is 1.95 bits per heavy atom. The molecule has 1 N–H and O–H groups in total. The van der Waals surface area contributed by atoms with Crippen LogP contribution in [0.4, 0.5) is 0 Å². The number of hydrogen-bond donors (Lipinski definition) is 1. The van der Waals surface area contributed by atoms with Gasteiger partial charge in [-0.3, -0.25) is 4.98 Å². The zero-order valence-corrected chi connectivity index (χ0v) is 23.9. The van der Waals surface area contributed by atoms with Gasteiger partial charge in [0.1, 0.15) is 11.3 Å². The van der Waals surface area contributed by atoms with Crippen molar-refractivity contribution < 1.29 is 9.52 Å². The van der Waals surface area contributed by atoms with E-state index in [0.717, 1.165) is 44.2 Å². The lowest BCUT2D eigenvalue weighted by Crippen LogP contribution is -2.11. The van der Waals surface area contributed by atoms with Crippen molar-refractivity contribution in [1.82, 2.24) is 9.97 Å². The van der Waals surface area contributed by atoms with Gasteiger partial charge in [-0.2, -0.15) is 0 Å². The van der Waals surface area contributed by atoms with E-state index in [1.54, 1.807) is 12.1 Å². The van der Waals surface area contributed by atoms with Gasteiger partial charge in [0.25, 0.3) is 0 Å². The quantitative estimate of drug-likeness (QED) is 0.249. The van der Waals surface area contributed by atoms with Crippen LogP contribution in [0.2, 0.25) is 0 Å². The van der Waals surface area contributed by atoms with Crippen LogP contribution in [0.1, 0.15) is 52.7 Å². The highest BCUT2D eigenvalue weighted by Crippen LogP contribution is 2.40. The van der Waals surface area contributed by atoms with E-state index in [9.17, 15) is 5.11 Å². The van der Waals surface area contributed by atoms with Crippen LogP contribution in [0.3, 0.4) is 0 Å². The number of fused-ring (bicyclic) bond motifs is 2. The van der Waals surface area contributed by atoms with E-state index in [0.29, 0.717) is 17.0 Å². The number of phenolic OH excluding ortho intramolecular Hbond substituents is 1. The Labute approximate surface area is 235 Å². The summed E-state index contributed by atoms with van der Waals surface area (Å²) in [4.78, 5) is 9.68. The van der Waals surface area contributed by atoms with Crippen LogP contribution in [0, 0.1) is 0 Å². The Bertz CT molecular complexity index is 1880. The Morgan fingerprint density at radius 2 is 1.27 bits per heavy atom. The van der Waals surface area contributed by atoms with Crippen molar-refractivity contribution in [3.8, 4) is 39.5 Å². The lowest BCUT2D eigenvalue weighted by atomic mass is 9.83. The monoisotopic (exact) mass is 526 g/mol. The molecule has 0 radical (unpaired) electrons. The SMILES string of the molecule is CC(C)(C)c1cc(-c2cccc(-c3cc(C(C)(C)C)cc4oc(-c5ccccc5O)nc34)c2)c2ncccc2c1. The maximum absolute atomic E-state index is 10.5. The number of aromatic hydroxyl groups is 1. The minimum absolute atomic E-state index is 0.00368. The highest BCUT2D eigenvalue weighted by molar-refractivity contribution is 5.97. The van der Waals surface area contributed by atoms with Gasteiger partial charge < -0.3 is 9.52 Å². The third-order valence-corrected chi connectivity index (χ3v) is 7.55. The summed E-state index contributed by atoms with van der Waals surface area (Å²) in [5.74, 6) is 0.552. The second kappa shape index (κ2) is 9.34. The Kier molecular flexibility index (Phi) is 6.03. The fraction of sp³-hybridized carbons (Fsp3) is 0.222. The van der Waals surface area contributed by atoms with Crippen LogP contribution in [0.5, 0.6) is 5.75 Å². The zero-order chi connectivity index (χ0) is 28.2. The third-order valence-electron chi connectivity index (χ3n) is 7.55. The first-order valence-electron chi connectivity index (χ1n) is 13.7. The molecule has 200 valence electrons. The van der Waals surface area contributed by atoms with Crippen LogP contribution in [0.25, 0.3) is 55.7 Å². The smallest absolute Gasteiger partial charge is 0.231 e. The minimum atomic E-state index is -0.0937. The molecule has 0 aliphatic heterocycles. The fourth-order valence-electron chi connectivity index (χ4n) is 5.15. The van der Waals surface area contributed by atoms with E-state index in [2.05, 4.69) is 96.1 Å². The van der Waals surface area contributed by atoms with Gasteiger partial charge in [0.15, 0.2) is 5.58 Å². The largest absolute Gasteiger partial charge is 0.507 e. The number of phenols is 1. The molecule has 2 heterocycles. The number of nitrogens with zero attached hydrogens (tertiary/aromatic N) is 2. The maximum Gasteiger partial charge on any atom is 0.231 e. The number of para-hydroxylation sites is 1. The number of oxazole rings is 1. The first kappa shape index (κ1) is 25.8. The summed E-state index contributed by atoms with van der Waals surface area (Å²) in [5.41, 5.74) is 9.65. The molecule has 0 saturated heterocycles. The molecule has 0 amide bonds. The minimum Gasteiger partial charge on any atom is -0.507 e. The summed E-state index contributed by atoms with van der Waals surface area (Å²) in [6, 6.07) is 28.7. The van der Waals surface area contributed by atoms with E-state index < -0.39 is 0 Å². The third kappa shape index (κ3) is 4.64. The standard InChI is InChI=1S/C36H34N2O2/c1-35(2,3)25-18-24-13-10-16-37-32(24)28(19-25)22-11-9-12-23(17-22)29-20-26(36(4,5)6)21-31-33(29)38-34(40-31)27-14-7-8-15-30(27)39/h7-21,39H,1-6H3. The molecule has 2 aromatic heterocycles. The van der Waals surface area contributed by atoms with Crippen molar-refractivity contribution in [1.29, 1.82) is 0 Å². The maximum atomic E-state index is 10.5. The number of rotatable bonds is 3. The normalized spacial score (nSPS) is 12.3. The van der Waals surface area contributed by atoms with Gasteiger partial charge in [-0.1, -0.05) is 77.9 Å². The first-order valence-corrected chi connectivity index (χ1v) is 13.7. The summed E-state index contributed by atoms with van der Waals surface area (Å²) in [7, 11) is 0. The summed E-state index contributed by atoms with van der Waals surface area (Å²) in [6.07, 6.45) is 1.86. The van der Waals surface area contributed by atoms with Crippen molar-refractivity contribution in [2.24, 2.45) is 0 Å². The van der Waals surface area contributed by atoms with Gasteiger partial charge >= 0.3 is 0 Å². The Balaban J connectivity index is 1.59. The highest BCUT2D eigenvalue weighted by atomic mass is 16.3. The summed E-state index contributed by atoms with van der Waals surface area (Å²) < 4.78 is 6.28. The predicted molar refractivity (Wildman–Crippen MR) is 165 cm³/mol. The Hall–Kier alpha value is -4.44. The molecule has 0 spiro atoms. The molecule has 0 fully saturated rings. The molecular formula is C36H34N2O2. The molecule has 0 unspecified atom stereocenters. The van der Waals surface area contributed by atoms with Gasteiger partial charge in [-0.05, 0) is 81.6 Å². The summed E-state index contributed by atoms with van der Waals surface area (Å²) in [5, 5.41) is 11.6. The van der Waals surface area contributed by atoms with Crippen LogP contribution in [-0.2, 0) is 10.8 Å². The number of aromatic nitrogens is 2. The van der Waals surface area contributed by atoms with Gasteiger partial charge in [-0.15, -0.1) is 0 Å². The summed E-state index contributed by atoms with van der Waals surface area (Å²) in [6.45, 7) is 13.3. The van der Waals surface area contributed by atoms with Crippen molar-refractivity contribution in [2.45, 2.75) is 52.4 Å². The van der Waals surface area contributed by atoms with Crippen molar-refractivity contribution >= 4 is 22.0 Å². The Morgan fingerprint density at radius 1 is 0.625 bits per heavy atom. The molecular weight excluding hydrogens is 492 g/mol. The van der Waals surface area contributed by atoms with Crippen molar-refractivity contribution in [3.05, 3.63) is 102 Å². The molecule has 0 bridgehead atoms. The van der Waals surface area contributed by atoms with Crippen LogP contribution < -0.4 is 0 Å². The molecule has 0 saturated carbocycles. The average Bonchev–Trinajstić information content (AvgIpc) is 3.35. The average molecular weight is 527 g/mol.